The van der Waals surface area contributed by atoms with Crippen LogP contribution in [0.25, 0.3) is 0 Å². The van der Waals surface area contributed by atoms with Gasteiger partial charge >= 0.3 is 134 Å². The maximum absolute atomic E-state index is 9.63. The first-order chi connectivity index (χ1) is 4.71. The van der Waals surface area contributed by atoms with Gasteiger partial charge in [0.15, 0.2) is 0 Å². The Balaban J connectivity index is -0.0000000317. The molecular formula is H10Na4O9P2. The summed E-state index contributed by atoms with van der Waals surface area (Å²) >= 11 is 0. The van der Waals surface area contributed by atoms with Gasteiger partial charge < -0.3 is 19.6 Å². The summed E-state index contributed by atoms with van der Waals surface area (Å²) in [4.78, 5) is 31.0. The van der Waals surface area contributed by atoms with E-state index < -0.39 is 15.6 Å². The third-order valence-electron chi connectivity index (χ3n) is 0.213. The first-order valence-electron chi connectivity index (χ1n) is 1.73. The number of phosphoric acid groups is 2. The summed E-state index contributed by atoms with van der Waals surface area (Å²) in [5, 5.41) is 12.0. The minimum atomic E-state index is -5.05. The maximum atomic E-state index is 9.63. The summed E-state index contributed by atoms with van der Waals surface area (Å²) in [5.74, 6) is 0. The predicted molar refractivity (Wildman–Crippen MR) is 59.0 cm³/mol. The molecule has 0 aliphatic rings. The third-order valence-corrected chi connectivity index (χ3v) is 1.91. The fraction of sp³-hybridized carbons (Fsp3) is 0. The Bertz CT molecular complexity index is 161. The van der Waals surface area contributed by atoms with Gasteiger partial charge in [-0.1, -0.05) is 0 Å². The summed E-state index contributed by atoms with van der Waals surface area (Å²) < 4.78 is 22.2. The summed E-state index contributed by atoms with van der Waals surface area (Å²) in [6.07, 6.45) is 0. The Morgan fingerprint density at radius 3 is 0.800 bits per heavy atom. The molecule has 0 aromatic heterocycles. The molecule has 0 aromatic carbocycles. The fourth-order valence-electron chi connectivity index (χ4n) is 0.139. The average molecular weight is 308 g/mol. The molecule has 15 heteroatoms. The van der Waals surface area contributed by atoms with Crippen LogP contribution in [-0.2, 0) is 13.4 Å². The van der Waals surface area contributed by atoms with Crippen molar-refractivity contribution in [1.29, 1.82) is 0 Å². The molecule has 78 valence electrons. The molecule has 0 aliphatic heterocycles. The summed E-state index contributed by atoms with van der Waals surface area (Å²) in [6, 6.07) is 0. The molecule has 0 rings (SSSR count). The monoisotopic (exact) mass is 308 g/mol. The van der Waals surface area contributed by atoms with E-state index >= 15 is 0 Å². The van der Waals surface area contributed by atoms with Crippen LogP contribution in [0, 0.1) is 0 Å². The molecular weight excluding hydrogens is 298 g/mol. The van der Waals surface area contributed by atoms with Gasteiger partial charge in [-0.25, -0.2) is 9.13 Å². The van der Waals surface area contributed by atoms with Crippen LogP contribution < -0.4 is 0 Å². The van der Waals surface area contributed by atoms with Gasteiger partial charge in [-0.2, -0.15) is 4.31 Å². The van der Waals surface area contributed by atoms with E-state index in [-0.39, 0.29) is 118 Å². The summed E-state index contributed by atoms with van der Waals surface area (Å²) in [5.41, 5.74) is 0. The van der Waals surface area contributed by atoms with Gasteiger partial charge in [0.2, 0.25) is 0 Å². The number of hydrogen-bond acceptors (Lipinski definition) is 5. The predicted octanol–water partition coefficient (Wildman–Crippen LogP) is -3.39. The number of rotatable bonds is 2. The SMILES string of the molecule is O=P(O)(O)OP(=O)(O)O.OO.[NaH].[NaH].[NaH].[NaH]. The van der Waals surface area contributed by atoms with Gasteiger partial charge in [-0.15, -0.1) is 0 Å². The molecule has 9 nitrogen and oxygen atoms in total. The average Bonchev–Trinajstić information content (AvgIpc) is 1.60. The zero-order valence-electron chi connectivity index (χ0n) is 4.80. The molecule has 0 saturated carbocycles. The van der Waals surface area contributed by atoms with Crippen LogP contribution in [0.15, 0.2) is 0 Å². The molecule has 0 radical (unpaired) electrons. The quantitative estimate of drug-likeness (QED) is 0.132. The van der Waals surface area contributed by atoms with Crippen molar-refractivity contribution in [2.45, 2.75) is 0 Å². The fourth-order valence-corrected chi connectivity index (χ4v) is 1.25. The van der Waals surface area contributed by atoms with Gasteiger partial charge in [-0.3, -0.25) is 10.5 Å². The minimum absolute atomic E-state index is 0. The van der Waals surface area contributed by atoms with Crippen LogP contribution in [0.3, 0.4) is 0 Å². The molecule has 0 aliphatic carbocycles. The Labute approximate surface area is 174 Å². The van der Waals surface area contributed by atoms with Crippen molar-refractivity contribution in [3.8, 4) is 0 Å². The molecule has 0 aromatic rings. The molecule has 6 N–H and O–H groups in total. The number of hydrogen-bond donors (Lipinski definition) is 6. The Kier molecular flexibility index (Phi) is 44.2. The van der Waals surface area contributed by atoms with E-state index in [1.54, 1.807) is 0 Å². The van der Waals surface area contributed by atoms with Gasteiger partial charge in [-0.05, 0) is 0 Å². The van der Waals surface area contributed by atoms with Crippen LogP contribution >= 0.6 is 15.6 Å². The zero-order chi connectivity index (χ0) is 9.71. The van der Waals surface area contributed by atoms with Gasteiger partial charge in [0, 0.05) is 0 Å². The van der Waals surface area contributed by atoms with E-state index in [9.17, 15) is 9.13 Å². The van der Waals surface area contributed by atoms with E-state index in [4.69, 9.17) is 30.1 Å². The van der Waals surface area contributed by atoms with Crippen LogP contribution in [0.4, 0.5) is 0 Å². The van der Waals surface area contributed by atoms with Crippen molar-refractivity contribution in [1.82, 2.24) is 0 Å². The van der Waals surface area contributed by atoms with E-state index in [1.165, 1.54) is 0 Å². The van der Waals surface area contributed by atoms with E-state index in [0.717, 1.165) is 0 Å². The Hall–Kier alpha value is 4.18. The third kappa shape index (κ3) is 45.9. The first kappa shape index (κ1) is 36.5. The molecule has 0 amide bonds. The van der Waals surface area contributed by atoms with Crippen molar-refractivity contribution in [3.63, 3.8) is 0 Å². The topological polar surface area (TPSA) is 165 Å². The van der Waals surface area contributed by atoms with Crippen molar-refractivity contribution in [3.05, 3.63) is 0 Å². The van der Waals surface area contributed by atoms with Gasteiger partial charge in [0.05, 0.1) is 0 Å². The standard InChI is InChI=1S/4Na.H4O7P2.H2O2.4H/c;;;;1-8(2,3)7-9(4,5)6;1-2;;;;/h;;;;(H2,1,2,3)(H2,4,5,6);1-2H;;;;. The summed E-state index contributed by atoms with van der Waals surface area (Å²) in [7, 11) is -10.1. The van der Waals surface area contributed by atoms with Crippen LogP contribution in [0.5, 0.6) is 0 Å². The van der Waals surface area contributed by atoms with E-state index in [2.05, 4.69) is 4.31 Å². The van der Waals surface area contributed by atoms with Crippen molar-refractivity contribution >= 4 is 134 Å². The molecule has 0 atom stereocenters. The molecule has 0 bridgehead atoms. The van der Waals surface area contributed by atoms with E-state index in [1.807, 2.05) is 0 Å². The normalized spacial score (nSPS) is 8.67. The molecule has 0 saturated heterocycles. The molecule has 0 heterocycles. The van der Waals surface area contributed by atoms with Crippen molar-refractivity contribution in [2.24, 2.45) is 0 Å². The molecule has 0 spiro atoms. The van der Waals surface area contributed by atoms with Crippen LogP contribution in [0.1, 0.15) is 0 Å². The van der Waals surface area contributed by atoms with Crippen LogP contribution in [0.2, 0.25) is 0 Å². The van der Waals surface area contributed by atoms with E-state index in [0.29, 0.717) is 0 Å². The molecule has 0 unspecified atom stereocenters. The molecule has 0 fully saturated rings. The Morgan fingerprint density at radius 2 is 0.800 bits per heavy atom. The molecule has 15 heavy (non-hydrogen) atoms. The first-order valence-corrected chi connectivity index (χ1v) is 4.79. The summed E-state index contributed by atoms with van der Waals surface area (Å²) in [6.45, 7) is 0. The zero-order valence-corrected chi connectivity index (χ0v) is 6.59. The Morgan fingerprint density at radius 1 is 0.667 bits per heavy atom. The second-order valence-corrected chi connectivity index (χ2v) is 3.68. The van der Waals surface area contributed by atoms with Crippen LogP contribution in [-0.4, -0.2) is 148 Å². The van der Waals surface area contributed by atoms with Crippen molar-refractivity contribution < 1.29 is 43.5 Å². The second-order valence-electron chi connectivity index (χ2n) is 1.06. The second kappa shape index (κ2) is 18.2. The van der Waals surface area contributed by atoms with Gasteiger partial charge in [0.1, 0.15) is 0 Å². The van der Waals surface area contributed by atoms with Crippen molar-refractivity contribution in [2.75, 3.05) is 0 Å². The van der Waals surface area contributed by atoms with Gasteiger partial charge in [0.25, 0.3) is 0 Å².